The van der Waals surface area contributed by atoms with E-state index < -0.39 is 0 Å². The average Bonchev–Trinajstić information content (AvgIpc) is 2.68. The molecular weight excluding hydrogens is 332 g/mol. The van der Waals surface area contributed by atoms with E-state index in [0.717, 1.165) is 44.2 Å². The number of morpholine rings is 1. The maximum Gasteiger partial charge on any atom is 0.254 e. The SMILES string of the molecule is COc1ccc(-c2ncc(C(=O)NCCN3CCOCC3)c(C)n2)cc1. The van der Waals surface area contributed by atoms with Crippen LogP contribution >= 0.6 is 0 Å². The van der Waals surface area contributed by atoms with Crippen LogP contribution in [0.15, 0.2) is 30.5 Å². The lowest BCUT2D eigenvalue weighted by molar-refractivity contribution is 0.0383. The molecule has 3 rings (SSSR count). The number of benzene rings is 1. The predicted octanol–water partition coefficient (Wildman–Crippen LogP) is 1.52. The fourth-order valence-corrected chi connectivity index (χ4v) is 2.82. The van der Waals surface area contributed by atoms with Gasteiger partial charge >= 0.3 is 0 Å². The maximum atomic E-state index is 12.4. The Labute approximate surface area is 153 Å². The average molecular weight is 356 g/mol. The van der Waals surface area contributed by atoms with E-state index in [0.29, 0.717) is 23.6 Å². The van der Waals surface area contributed by atoms with E-state index in [1.807, 2.05) is 31.2 Å². The summed E-state index contributed by atoms with van der Waals surface area (Å²) >= 11 is 0. The van der Waals surface area contributed by atoms with Crippen LogP contribution in [-0.2, 0) is 4.74 Å². The van der Waals surface area contributed by atoms with Crippen molar-refractivity contribution in [2.45, 2.75) is 6.92 Å². The lowest BCUT2D eigenvalue weighted by atomic mass is 10.1. The number of methoxy groups -OCH3 is 1. The molecule has 7 heteroatoms. The number of aryl methyl sites for hydroxylation is 1. The highest BCUT2D eigenvalue weighted by atomic mass is 16.5. The first-order chi connectivity index (χ1) is 12.7. The van der Waals surface area contributed by atoms with Crippen LogP contribution in [0.5, 0.6) is 5.75 Å². The molecule has 2 aromatic rings. The molecule has 1 aliphatic heterocycles. The van der Waals surface area contributed by atoms with Gasteiger partial charge in [0, 0.05) is 37.9 Å². The van der Waals surface area contributed by atoms with Crippen LogP contribution in [0.4, 0.5) is 0 Å². The Hall–Kier alpha value is -2.51. The minimum absolute atomic E-state index is 0.142. The van der Waals surface area contributed by atoms with Gasteiger partial charge < -0.3 is 14.8 Å². The van der Waals surface area contributed by atoms with Crippen LogP contribution in [0.3, 0.4) is 0 Å². The standard InChI is InChI=1S/C19H24N4O3/c1-14-17(19(24)20-7-8-23-9-11-26-12-10-23)13-21-18(22-14)15-3-5-16(25-2)6-4-15/h3-6,13H,7-12H2,1-2H3,(H,20,24). The summed E-state index contributed by atoms with van der Waals surface area (Å²) in [5.41, 5.74) is 2.05. The zero-order valence-electron chi connectivity index (χ0n) is 15.2. The van der Waals surface area contributed by atoms with E-state index in [-0.39, 0.29) is 5.91 Å². The van der Waals surface area contributed by atoms with Gasteiger partial charge in [-0.25, -0.2) is 9.97 Å². The molecule has 0 saturated carbocycles. The van der Waals surface area contributed by atoms with E-state index in [2.05, 4.69) is 20.2 Å². The third-order valence-corrected chi connectivity index (χ3v) is 4.39. The summed E-state index contributed by atoms with van der Waals surface area (Å²) in [5, 5.41) is 2.94. The Kier molecular flexibility index (Phi) is 6.14. The fraction of sp³-hybridized carbons (Fsp3) is 0.421. The molecule has 0 spiro atoms. The van der Waals surface area contributed by atoms with Crippen LogP contribution in [0, 0.1) is 6.92 Å². The highest BCUT2D eigenvalue weighted by Crippen LogP contribution is 2.20. The monoisotopic (exact) mass is 356 g/mol. The molecule has 1 fully saturated rings. The molecule has 1 aromatic carbocycles. The number of hydrogen-bond acceptors (Lipinski definition) is 6. The molecule has 26 heavy (non-hydrogen) atoms. The van der Waals surface area contributed by atoms with Crippen molar-refractivity contribution in [3.63, 3.8) is 0 Å². The fourth-order valence-electron chi connectivity index (χ4n) is 2.82. The number of carbonyl (C=O) groups excluding carboxylic acids is 1. The predicted molar refractivity (Wildman–Crippen MR) is 98.3 cm³/mol. The molecular formula is C19H24N4O3. The van der Waals surface area contributed by atoms with Crippen molar-refractivity contribution in [1.29, 1.82) is 0 Å². The summed E-state index contributed by atoms with van der Waals surface area (Å²) in [6, 6.07) is 7.52. The first-order valence-corrected chi connectivity index (χ1v) is 8.74. The molecule has 0 radical (unpaired) electrons. The Morgan fingerprint density at radius 3 is 2.65 bits per heavy atom. The summed E-state index contributed by atoms with van der Waals surface area (Å²) < 4.78 is 10.5. The molecule has 138 valence electrons. The largest absolute Gasteiger partial charge is 0.497 e. The summed E-state index contributed by atoms with van der Waals surface area (Å²) in [4.78, 5) is 23.5. The lowest BCUT2D eigenvalue weighted by Crippen LogP contribution is -2.41. The van der Waals surface area contributed by atoms with Crippen molar-refractivity contribution in [2.75, 3.05) is 46.5 Å². The Balaban J connectivity index is 1.59. The van der Waals surface area contributed by atoms with Crippen molar-refractivity contribution in [2.24, 2.45) is 0 Å². The minimum atomic E-state index is -0.142. The second-order valence-corrected chi connectivity index (χ2v) is 6.13. The first-order valence-electron chi connectivity index (χ1n) is 8.74. The van der Waals surface area contributed by atoms with Crippen LogP contribution < -0.4 is 10.1 Å². The van der Waals surface area contributed by atoms with Crippen LogP contribution in [0.2, 0.25) is 0 Å². The topological polar surface area (TPSA) is 76.6 Å². The van der Waals surface area contributed by atoms with Gasteiger partial charge in [0.2, 0.25) is 0 Å². The second kappa shape index (κ2) is 8.73. The van der Waals surface area contributed by atoms with Crippen molar-refractivity contribution < 1.29 is 14.3 Å². The van der Waals surface area contributed by atoms with Gasteiger partial charge in [-0.1, -0.05) is 0 Å². The van der Waals surface area contributed by atoms with Crippen molar-refractivity contribution in [1.82, 2.24) is 20.2 Å². The number of nitrogens with zero attached hydrogens (tertiary/aromatic N) is 3. The van der Waals surface area contributed by atoms with E-state index in [1.54, 1.807) is 13.3 Å². The zero-order chi connectivity index (χ0) is 18.4. The number of ether oxygens (including phenoxy) is 2. The van der Waals surface area contributed by atoms with Crippen molar-refractivity contribution >= 4 is 5.91 Å². The van der Waals surface area contributed by atoms with Gasteiger partial charge in [-0.15, -0.1) is 0 Å². The van der Waals surface area contributed by atoms with E-state index in [9.17, 15) is 4.79 Å². The number of hydrogen-bond donors (Lipinski definition) is 1. The van der Waals surface area contributed by atoms with Crippen LogP contribution in [-0.4, -0.2) is 67.3 Å². The summed E-state index contributed by atoms with van der Waals surface area (Å²) in [7, 11) is 1.63. The number of rotatable bonds is 6. The zero-order valence-corrected chi connectivity index (χ0v) is 15.2. The van der Waals surface area contributed by atoms with E-state index in [4.69, 9.17) is 9.47 Å². The quantitative estimate of drug-likeness (QED) is 0.846. The number of nitrogens with one attached hydrogen (secondary N) is 1. The Morgan fingerprint density at radius 2 is 2.00 bits per heavy atom. The first kappa shape index (κ1) is 18.3. The summed E-state index contributed by atoms with van der Waals surface area (Å²) in [6.07, 6.45) is 1.59. The molecule has 0 bridgehead atoms. The van der Waals surface area contributed by atoms with Gasteiger partial charge in [-0.05, 0) is 31.2 Å². The molecule has 2 heterocycles. The van der Waals surface area contributed by atoms with Crippen LogP contribution in [0.1, 0.15) is 16.1 Å². The van der Waals surface area contributed by atoms with Gasteiger partial charge in [0.1, 0.15) is 5.75 Å². The van der Waals surface area contributed by atoms with Gasteiger partial charge in [0.05, 0.1) is 31.6 Å². The Bertz CT molecular complexity index is 743. The molecule has 1 saturated heterocycles. The molecule has 1 N–H and O–H groups in total. The third kappa shape index (κ3) is 4.56. The van der Waals surface area contributed by atoms with Crippen LogP contribution in [0.25, 0.3) is 11.4 Å². The molecule has 7 nitrogen and oxygen atoms in total. The van der Waals surface area contributed by atoms with Gasteiger partial charge in [-0.3, -0.25) is 9.69 Å². The van der Waals surface area contributed by atoms with E-state index >= 15 is 0 Å². The summed E-state index contributed by atoms with van der Waals surface area (Å²) in [6.45, 7) is 6.58. The van der Waals surface area contributed by atoms with Crippen molar-refractivity contribution in [3.8, 4) is 17.1 Å². The maximum absolute atomic E-state index is 12.4. The molecule has 1 aliphatic rings. The summed E-state index contributed by atoms with van der Waals surface area (Å²) in [5.74, 6) is 1.23. The lowest BCUT2D eigenvalue weighted by Gasteiger charge is -2.26. The number of aromatic nitrogens is 2. The minimum Gasteiger partial charge on any atom is -0.497 e. The number of amides is 1. The van der Waals surface area contributed by atoms with Gasteiger partial charge in [-0.2, -0.15) is 0 Å². The molecule has 0 atom stereocenters. The molecule has 1 amide bonds. The van der Waals surface area contributed by atoms with Gasteiger partial charge in [0.25, 0.3) is 5.91 Å². The van der Waals surface area contributed by atoms with E-state index in [1.165, 1.54) is 0 Å². The highest BCUT2D eigenvalue weighted by molar-refractivity contribution is 5.95. The Morgan fingerprint density at radius 1 is 1.27 bits per heavy atom. The second-order valence-electron chi connectivity index (χ2n) is 6.13. The normalized spacial score (nSPS) is 14.8. The van der Waals surface area contributed by atoms with Gasteiger partial charge in [0.15, 0.2) is 5.82 Å². The number of carbonyl (C=O) groups is 1. The third-order valence-electron chi connectivity index (χ3n) is 4.39. The molecule has 0 unspecified atom stereocenters. The molecule has 0 aliphatic carbocycles. The highest BCUT2D eigenvalue weighted by Gasteiger charge is 2.14. The van der Waals surface area contributed by atoms with Crippen molar-refractivity contribution in [3.05, 3.63) is 41.7 Å². The molecule has 1 aromatic heterocycles. The smallest absolute Gasteiger partial charge is 0.254 e.